The highest BCUT2D eigenvalue weighted by Crippen LogP contribution is 2.30. The number of nitrogens with zero attached hydrogens (tertiary/aromatic N) is 1. The van der Waals surface area contributed by atoms with Gasteiger partial charge in [-0.3, -0.25) is 0 Å². The summed E-state index contributed by atoms with van der Waals surface area (Å²) in [6.45, 7) is 0. The van der Waals surface area contributed by atoms with Gasteiger partial charge in [0.25, 0.3) is 0 Å². The lowest BCUT2D eigenvalue weighted by Gasteiger charge is -2.05. The summed E-state index contributed by atoms with van der Waals surface area (Å²) in [6.07, 6.45) is 0. The van der Waals surface area contributed by atoms with E-state index in [0.29, 0.717) is 10.7 Å². The molecule has 86 valence electrons. The van der Waals surface area contributed by atoms with Crippen molar-refractivity contribution in [1.29, 1.82) is 0 Å². The lowest BCUT2D eigenvalue weighted by Crippen LogP contribution is -2.02. The molecule has 4 nitrogen and oxygen atoms in total. The van der Waals surface area contributed by atoms with E-state index in [9.17, 15) is 4.79 Å². The van der Waals surface area contributed by atoms with Gasteiger partial charge in [-0.15, -0.1) is 0 Å². The fraction of sp³-hybridized carbons (Fsp3) is 0. The van der Waals surface area contributed by atoms with Crippen LogP contribution in [0.5, 0.6) is 0 Å². The molecule has 1 heterocycles. The van der Waals surface area contributed by atoms with Gasteiger partial charge in [0.1, 0.15) is 10.7 Å². The average molecular weight is 246 g/mol. The third-order valence-electron chi connectivity index (χ3n) is 2.07. The zero-order valence-electron chi connectivity index (χ0n) is 8.83. The van der Waals surface area contributed by atoms with Crippen LogP contribution in [-0.4, -0.2) is 16.1 Å². The van der Waals surface area contributed by atoms with E-state index in [2.05, 4.69) is 4.98 Å². The summed E-state index contributed by atoms with van der Waals surface area (Å²) >= 11 is 1.35. The Kier molecular flexibility index (Phi) is 3.30. The third kappa shape index (κ3) is 2.76. The van der Waals surface area contributed by atoms with E-state index >= 15 is 0 Å². The molecular formula is C12H10N2O2S. The molecule has 5 heteroatoms. The van der Waals surface area contributed by atoms with Gasteiger partial charge in [0.2, 0.25) is 0 Å². The maximum absolute atomic E-state index is 10.8. The molecule has 0 bridgehead atoms. The first-order valence-electron chi connectivity index (χ1n) is 4.89. The summed E-state index contributed by atoms with van der Waals surface area (Å²) in [7, 11) is 0. The fourth-order valence-corrected chi connectivity index (χ4v) is 2.10. The van der Waals surface area contributed by atoms with E-state index in [1.54, 1.807) is 6.07 Å². The van der Waals surface area contributed by atoms with Crippen molar-refractivity contribution in [2.75, 3.05) is 5.73 Å². The topological polar surface area (TPSA) is 76.2 Å². The summed E-state index contributed by atoms with van der Waals surface area (Å²) in [6, 6.07) is 12.5. The van der Waals surface area contributed by atoms with E-state index in [4.69, 9.17) is 10.8 Å². The summed E-state index contributed by atoms with van der Waals surface area (Å²) < 4.78 is 0. The first kappa shape index (κ1) is 11.5. The number of nitrogen functional groups attached to an aromatic ring is 1. The fourth-order valence-electron chi connectivity index (χ4n) is 1.25. The van der Waals surface area contributed by atoms with Gasteiger partial charge in [-0.2, -0.15) is 0 Å². The molecule has 2 aromatic rings. The molecule has 3 N–H and O–H groups in total. The number of carbonyl (C=O) groups is 1. The molecule has 1 aromatic heterocycles. The van der Waals surface area contributed by atoms with E-state index in [1.807, 2.05) is 30.3 Å². The average Bonchev–Trinajstić information content (AvgIpc) is 2.33. The van der Waals surface area contributed by atoms with Crippen LogP contribution in [0.2, 0.25) is 0 Å². The number of hydrogen-bond acceptors (Lipinski definition) is 4. The third-order valence-corrected chi connectivity index (χ3v) is 3.09. The Hall–Kier alpha value is -2.01. The number of hydrogen-bond donors (Lipinski definition) is 2. The van der Waals surface area contributed by atoms with Crippen LogP contribution in [0.3, 0.4) is 0 Å². The van der Waals surface area contributed by atoms with Gasteiger partial charge in [0, 0.05) is 4.90 Å². The molecule has 0 amide bonds. The quantitative estimate of drug-likeness (QED) is 0.870. The van der Waals surface area contributed by atoms with Crippen LogP contribution in [0, 0.1) is 0 Å². The van der Waals surface area contributed by atoms with Crippen molar-refractivity contribution in [1.82, 2.24) is 4.98 Å². The first-order chi connectivity index (χ1) is 8.16. The number of benzene rings is 1. The van der Waals surface area contributed by atoms with Gasteiger partial charge in [-0.05, 0) is 24.3 Å². The molecule has 2 rings (SSSR count). The van der Waals surface area contributed by atoms with Gasteiger partial charge in [0.05, 0.1) is 5.69 Å². The van der Waals surface area contributed by atoms with Crippen LogP contribution in [0.15, 0.2) is 52.4 Å². The summed E-state index contributed by atoms with van der Waals surface area (Å²) in [5, 5.41) is 9.36. The van der Waals surface area contributed by atoms with E-state index < -0.39 is 5.97 Å². The number of aromatic nitrogens is 1. The highest BCUT2D eigenvalue weighted by atomic mass is 32.2. The molecule has 0 saturated carbocycles. The predicted molar refractivity (Wildman–Crippen MR) is 66.2 cm³/mol. The maximum atomic E-state index is 10.8. The minimum absolute atomic E-state index is 0.00219. The number of carboxylic acids is 1. The van der Waals surface area contributed by atoms with Gasteiger partial charge in [-0.25, -0.2) is 9.78 Å². The SMILES string of the molecule is Nc1ccc(C(=O)O)nc1Sc1ccccc1. The molecule has 0 saturated heterocycles. The molecule has 1 aromatic carbocycles. The number of anilines is 1. The molecule has 0 aliphatic carbocycles. The Morgan fingerprint density at radius 1 is 1.18 bits per heavy atom. The molecule has 0 aliphatic rings. The Morgan fingerprint density at radius 3 is 2.53 bits per heavy atom. The largest absolute Gasteiger partial charge is 0.477 e. The zero-order chi connectivity index (χ0) is 12.3. The van der Waals surface area contributed by atoms with E-state index in [1.165, 1.54) is 17.8 Å². The van der Waals surface area contributed by atoms with Crippen molar-refractivity contribution in [3.63, 3.8) is 0 Å². The summed E-state index contributed by atoms with van der Waals surface area (Å²) in [4.78, 5) is 15.8. The Balaban J connectivity index is 2.32. The second-order valence-electron chi connectivity index (χ2n) is 3.31. The molecule has 0 unspecified atom stereocenters. The normalized spacial score (nSPS) is 10.1. The Morgan fingerprint density at radius 2 is 1.88 bits per heavy atom. The van der Waals surface area contributed by atoms with Crippen molar-refractivity contribution in [3.05, 3.63) is 48.2 Å². The number of aromatic carboxylic acids is 1. The minimum atomic E-state index is -1.06. The molecule has 17 heavy (non-hydrogen) atoms. The maximum Gasteiger partial charge on any atom is 0.354 e. The number of rotatable bonds is 3. The van der Waals surface area contributed by atoms with Crippen LogP contribution in [0.25, 0.3) is 0 Å². The molecule has 0 spiro atoms. The van der Waals surface area contributed by atoms with Crippen molar-refractivity contribution in [2.24, 2.45) is 0 Å². The summed E-state index contributed by atoms with van der Waals surface area (Å²) in [5.41, 5.74) is 6.23. The Bertz CT molecular complexity index is 543. The smallest absolute Gasteiger partial charge is 0.354 e. The van der Waals surface area contributed by atoms with Crippen molar-refractivity contribution >= 4 is 23.4 Å². The van der Waals surface area contributed by atoms with Gasteiger partial charge < -0.3 is 10.8 Å². The lowest BCUT2D eigenvalue weighted by atomic mass is 10.3. The minimum Gasteiger partial charge on any atom is -0.477 e. The number of pyridine rings is 1. The Labute approximate surface area is 102 Å². The highest BCUT2D eigenvalue weighted by Gasteiger charge is 2.09. The number of carboxylic acid groups (broad SMARTS) is 1. The van der Waals surface area contributed by atoms with Gasteiger partial charge >= 0.3 is 5.97 Å². The highest BCUT2D eigenvalue weighted by molar-refractivity contribution is 7.99. The van der Waals surface area contributed by atoms with Crippen molar-refractivity contribution in [2.45, 2.75) is 9.92 Å². The van der Waals surface area contributed by atoms with Crippen LogP contribution < -0.4 is 5.73 Å². The number of nitrogens with two attached hydrogens (primary N) is 1. The van der Waals surface area contributed by atoms with E-state index in [0.717, 1.165) is 4.90 Å². The lowest BCUT2D eigenvalue weighted by molar-refractivity contribution is 0.0690. The molecule has 0 aliphatic heterocycles. The van der Waals surface area contributed by atoms with Crippen molar-refractivity contribution in [3.8, 4) is 0 Å². The molecule has 0 fully saturated rings. The van der Waals surface area contributed by atoms with Gasteiger partial charge in [-0.1, -0.05) is 30.0 Å². The first-order valence-corrected chi connectivity index (χ1v) is 5.71. The second kappa shape index (κ2) is 4.88. The second-order valence-corrected chi connectivity index (χ2v) is 4.37. The standard InChI is InChI=1S/C12H10N2O2S/c13-9-6-7-10(12(15)16)14-11(9)17-8-4-2-1-3-5-8/h1-7H,13H2,(H,15,16). The van der Waals surface area contributed by atoms with Crippen LogP contribution >= 0.6 is 11.8 Å². The van der Waals surface area contributed by atoms with Crippen LogP contribution in [0.1, 0.15) is 10.5 Å². The molecular weight excluding hydrogens is 236 g/mol. The van der Waals surface area contributed by atoms with Crippen LogP contribution in [-0.2, 0) is 0 Å². The van der Waals surface area contributed by atoms with Crippen LogP contribution in [0.4, 0.5) is 5.69 Å². The van der Waals surface area contributed by atoms with E-state index in [-0.39, 0.29) is 5.69 Å². The van der Waals surface area contributed by atoms with Gasteiger partial charge in [0.15, 0.2) is 0 Å². The molecule has 0 atom stereocenters. The zero-order valence-corrected chi connectivity index (χ0v) is 9.65. The monoisotopic (exact) mass is 246 g/mol. The predicted octanol–water partition coefficient (Wildman–Crippen LogP) is 2.51. The van der Waals surface area contributed by atoms with Crippen molar-refractivity contribution < 1.29 is 9.90 Å². The summed E-state index contributed by atoms with van der Waals surface area (Å²) in [5.74, 6) is -1.06. The molecule has 0 radical (unpaired) electrons.